The smallest absolute Gasteiger partial charge is 0.336 e. The van der Waals surface area contributed by atoms with Crippen LogP contribution in [-0.2, 0) is 4.79 Å². The number of esters is 1. The molecular formula is C21H24N2O4. The number of anilines is 1. The molecule has 2 amide bonds. The fraction of sp³-hybridized carbons (Fsp3) is 0.238. The average molecular weight is 368 g/mol. The summed E-state index contributed by atoms with van der Waals surface area (Å²) in [5.41, 5.74) is 1.41. The molecule has 0 aliphatic heterocycles. The number of urea groups is 1. The van der Waals surface area contributed by atoms with E-state index in [4.69, 9.17) is 9.47 Å². The number of rotatable bonds is 8. The Kier molecular flexibility index (Phi) is 7.91. The fourth-order valence-corrected chi connectivity index (χ4v) is 2.21. The van der Waals surface area contributed by atoms with Crippen molar-refractivity contribution >= 4 is 23.8 Å². The van der Waals surface area contributed by atoms with Crippen LogP contribution in [0.3, 0.4) is 0 Å². The van der Waals surface area contributed by atoms with Crippen LogP contribution in [0.2, 0.25) is 0 Å². The summed E-state index contributed by atoms with van der Waals surface area (Å²) in [5.74, 6) is 0.630. The Balaban J connectivity index is 1.91. The third-order valence-electron chi connectivity index (χ3n) is 3.45. The third kappa shape index (κ3) is 7.23. The van der Waals surface area contributed by atoms with Crippen molar-refractivity contribution in [3.63, 3.8) is 0 Å². The lowest BCUT2D eigenvalue weighted by Gasteiger charge is -2.08. The van der Waals surface area contributed by atoms with Crippen molar-refractivity contribution in [2.24, 2.45) is 0 Å². The maximum atomic E-state index is 12.0. The summed E-state index contributed by atoms with van der Waals surface area (Å²) >= 11 is 0. The topological polar surface area (TPSA) is 76.7 Å². The molecular weight excluding hydrogens is 344 g/mol. The molecule has 0 atom stereocenters. The van der Waals surface area contributed by atoms with Crippen LogP contribution in [0.15, 0.2) is 54.6 Å². The Morgan fingerprint density at radius 3 is 2.52 bits per heavy atom. The standard InChI is InChI=1S/C21H24N2O4/c1-3-14-22-21(25)23-17-6-5-7-19(15-17)27-20(24)13-10-16-8-11-18(12-9-16)26-4-2/h5-13,15H,3-4,14H2,1-2H3,(H2,22,23,25)/b13-10+. The van der Waals surface area contributed by atoms with Crippen molar-refractivity contribution in [1.29, 1.82) is 0 Å². The minimum absolute atomic E-state index is 0.296. The van der Waals surface area contributed by atoms with Gasteiger partial charge in [0.15, 0.2) is 0 Å². The van der Waals surface area contributed by atoms with Gasteiger partial charge in [0.1, 0.15) is 11.5 Å². The maximum Gasteiger partial charge on any atom is 0.336 e. The number of nitrogens with one attached hydrogen (secondary N) is 2. The van der Waals surface area contributed by atoms with Crippen LogP contribution in [0.5, 0.6) is 11.5 Å². The van der Waals surface area contributed by atoms with Crippen molar-refractivity contribution in [3.05, 3.63) is 60.2 Å². The quantitative estimate of drug-likeness (QED) is 0.415. The Bertz CT molecular complexity index is 785. The van der Waals surface area contributed by atoms with Gasteiger partial charge in [-0.3, -0.25) is 0 Å². The lowest BCUT2D eigenvalue weighted by atomic mass is 10.2. The second-order valence-electron chi connectivity index (χ2n) is 5.67. The number of hydrogen-bond acceptors (Lipinski definition) is 4. The lowest BCUT2D eigenvalue weighted by Crippen LogP contribution is -2.29. The number of carbonyl (C=O) groups is 2. The molecule has 0 heterocycles. The SMILES string of the molecule is CCCNC(=O)Nc1cccc(OC(=O)/C=C/c2ccc(OCC)cc2)c1. The molecule has 2 aromatic rings. The molecule has 0 aromatic heterocycles. The van der Waals surface area contributed by atoms with Gasteiger partial charge in [0.25, 0.3) is 0 Å². The Morgan fingerprint density at radius 1 is 1.04 bits per heavy atom. The highest BCUT2D eigenvalue weighted by molar-refractivity contribution is 5.90. The van der Waals surface area contributed by atoms with Crippen molar-refractivity contribution in [3.8, 4) is 11.5 Å². The van der Waals surface area contributed by atoms with Crippen LogP contribution >= 0.6 is 0 Å². The molecule has 0 saturated carbocycles. The fourth-order valence-electron chi connectivity index (χ4n) is 2.21. The normalized spacial score (nSPS) is 10.4. The van der Waals surface area contributed by atoms with E-state index in [1.807, 2.05) is 38.1 Å². The number of hydrogen-bond donors (Lipinski definition) is 2. The molecule has 0 spiro atoms. The van der Waals surface area contributed by atoms with Gasteiger partial charge in [-0.25, -0.2) is 9.59 Å². The van der Waals surface area contributed by atoms with E-state index in [1.165, 1.54) is 6.08 Å². The summed E-state index contributed by atoms with van der Waals surface area (Å²) in [4.78, 5) is 23.7. The summed E-state index contributed by atoms with van der Waals surface area (Å²) in [5, 5.41) is 5.41. The highest BCUT2D eigenvalue weighted by Gasteiger charge is 2.04. The summed E-state index contributed by atoms with van der Waals surface area (Å²) in [6.07, 6.45) is 3.87. The highest BCUT2D eigenvalue weighted by Crippen LogP contribution is 2.18. The molecule has 0 aliphatic carbocycles. The zero-order valence-corrected chi connectivity index (χ0v) is 15.5. The lowest BCUT2D eigenvalue weighted by molar-refractivity contribution is -0.128. The number of benzene rings is 2. The van der Waals surface area contributed by atoms with E-state index < -0.39 is 5.97 Å². The van der Waals surface area contributed by atoms with Gasteiger partial charge in [-0.05, 0) is 49.2 Å². The van der Waals surface area contributed by atoms with Crippen molar-refractivity contribution in [1.82, 2.24) is 5.32 Å². The molecule has 2 aromatic carbocycles. The van der Waals surface area contributed by atoms with E-state index in [-0.39, 0.29) is 6.03 Å². The van der Waals surface area contributed by atoms with E-state index in [1.54, 1.807) is 30.3 Å². The van der Waals surface area contributed by atoms with Crippen LogP contribution in [0.25, 0.3) is 6.08 Å². The molecule has 27 heavy (non-hydrogen) atoms. The van der Waals surface area contributed by atoms with Crippen LogP contribution in [0.1, 0.15) is 25.8 Å². The highest BCUT2D eigenvalue weighted by atomic mass is 16.5. The van der Waals surface area contributed by atoms with Gasteiger partial charge in [0.2, 0.25) is 0 Å². The van der Waals surface area contributed by atoms with E-state index in [0.29, 0.717) is 24.6 Å². The zero-order valence-electron chi connectivity index (χ0n) is 15.5. The summed E-state index contributed by atoms with van der Waals surface area (Å²) in [6, 6.07) is 13.8. The average Bonchev–Trinajstić information content (AvgIpc) is 2.66. The van der Waals surface area contributed by atoms with Gasteiger partial charge in [-0.15, -0.1) is 0 Å². The summed E-state index contributed by atoms with van der Waals surface area (Å²) in [6.45, 7) is 5.10. The second-order valence-corrected chi connectivity index (χ2v) is 5.67. The van der Waals surface area contributed by atoms with Gasteiger partial charge >= 0.3 is 12.0 Å². The zero-order chi connectivity index (χ0) is 19.5. The number of carbonyl (C=O) groups excluding carboxylic acids is 2. The van der Waals surface area contributed by atoms with Crippen LogP contribution in [-0.4, -0.2) is 25.2 Å². The van der Waals surface area contributed by atoms with Crippen LogP contribution < -0.4 is 20.1 Å². The number of amides is 2. The van der Waals surface area contributed by atoms with Gasteiger partial charge in [-0.1, -0.05) is 25.1 Å². The van der Waals surface area contributed by atoms with E-state index in [9.17, 15) is 9.59 Å². The molecule has 0 unspecified atom stereocenters. The molecule has 0 radical (unpaired) electrons. The van der Waals surface area contributed by atoms with Crippen molar-refractivity contribution in [2.45, 2.75) is 20.3 Å². The minimum atomic E-state index is -0.503. The van der Waals surface area contributed by atoms with Crippen LogP contribution in [0.4, 0.5) is 10.5 Å². The molecule has 0 fully saturated rings. The predicted molar refractivity (Wildman–Crippen MR) is 106 cm³/mol. The first kappa shape index (κ1) is 20.0. The number of ether oxygens (including phenoxy) is 2. The molecule has 0 saturated heterocycles. The van der Waals surface area contributed by atoms with Gasteiger partial charge < -0.3 is 20.1 Å². The van der Waals surface area contributed by atoms with Crippen LogP contribution in [0, 0.1) is 0 Å². The van der Waals surface area contributed by atoms with Crippen molar-refractivity contribution in [2.75, 3.05) is 18.5 Å². The monoisotopic (exact) mass is 368 g/mol. The summed E-state index contributed by atoms with van der Waals surface area (Å²) < 4.78 is 10.7. The first-order chi connectivity index (χ1) is 13.1. The Morgan fingerprint density at radius 2 is 1.81 bits per heavy atom. The first-order valence-corrected chi connectivity index (χ1v) is 8.88. The molecule has 2 rings (SSSR count). The first-order valence-electron chi connectivity index (χ1n) is 8.88. The summed E-state index contributed by atoms with van der Waals surface area (Å²) in [7, 11) is 0. The Labute approximate surface area is 159 Å². The van der Waals surface area contributed by atoms with Crippen molar-refractivity contribution < 1.29 is 19.1 Å². The molecule has 142 valence electrons. The van der Waals surface area contributed by atoms with E-state index in [2.05, 4.69) is 10.6 Å². The van der Waals surface area contributed by atoms with E-state index >= 15 is 0 Å². The molecule has 2 N–H and O–H groups in total. The second kappa shape index (κ2) is 10.7. The largest absolute Gasteiger partial charge is 0.494 e. The van der Waals surface area contributed by atoms with Gasteiger partial charge in [-0.2, -0.15) is 0 Å². The molecule has 6 nitrogen and oxygen atoms in total. The van der Waals surface area contributed by atoms with Gasteiger partial charge in [0.05, 0.1) is 6.61 Å². The predicted octanol–water partition coefficient (Wildman–Crippen LogP) is 4.24. The Hall–Kier alpha value is -3.28. The van der Waals surface area contributed by atoms with Gasteiger partial charge in [0, 0.05) is 24.4 Å². The minimum Gasteiger partial charge on any atom is -0.494 e. The maximum absolute atomic E-state index is 12.0. The molecule has 0 aliphatic rings. The molecule has 6 heteroatoms. The van der Waals surface area contributed by atoms with E-state index in [0.717, 1.165) is 17.7 Å². The third-order valence-corrected chi connectivity index (χ3v) is 3.45. The molecule has 0 bridgehead atoms.